The second kappa shape index (κ2) is 5.45. The SMILES string of the molecule is COC(C)(C)CCOC1(CI)C2CCC(C2)C1(C)C. The normalized spacial score (nSPS) is 36.9. The summed E-state index contributed by atoms with van der Waals surface area (Å²) >= 11 is 2.54. The molecule has 0 aromatic rings. The van der Waals surface area contributed by atoms with Crippen LogP contribution in [0.15, 0.2) is 0 Å². The Bertz CT molecular complexity index is 327. The molecule has 0 radical (unpaired) electrons. The van der Waals surface area contributed by atoms with E-state index in [4.69, 9.17) is 9.47 Å². The standard InChI is InChI=1S/C16H29IO2/c1-14(2,18-5)8-9-19-16(11-17)13-7-6-12(10-13)15(16,3)4/h12-13H,6-11H2,1-5H3. The van der Waals surface area contributed by atoms with Crippen LogP contribution in [0.25, 0.3) is 0 Å². The molecule has 2 fully saturated rings. The van der Waals surface area contributed by atoms with Gasteiger partial charge in [0.2, 0.25) is 0 Å². The summed E-state index contributed by atoms with van der Waals surface area (Å²) in [6.45, 7) is 9.95. The molecule has 3 heteroatoms. The lowest BCUT2D eigenvalue weighted by Crippen LogP contribution is -2.53. The molecular weight excluding hydrogens is 351 g/mol. The van der Waals surface area contributed by atoms with Gasteiger partial charge in [-0.1, -0.05) is 36.4 Å². The Morgan fingerprint density at radius 3 is 2.32 bits per heavy atom. The molecule has 0 saturated heterocycles. The lowest BCUT2D eigenvalue weighted by Gasteiger charge is -2.49. The Morgan fingerprint density at radius 1 is 1.21 bits per heavy atom. The van der Waals surface area contributed by atoms with Crippen LogP contribution >= 0.6 is 22.6 Å². The van der Waals surface area contributed by atoms with Gasteiger partial charge in [-0.2, -0.15) is 0 Å². The lowest BCUT2D eigenvalue weighted by molar-refractivity contribution is -0.146. The molecule has 2 nitrogen and oxygen atoms in total. The Hall–Kier alpha value is 0.650. The van der Waals surface area contributed by atoms with Crippen molar-refractivity contribution in [1.82, 2.24) is 0 Å². The second-order valence-electron chi connectivity index (χ2n) is 7.51. The van der Waals surface area contributed by atoms with Crippen LogP contribution in [-0.2, 0) is 9.47 Å². The highest BCUT2D eigenvalue weighted by atomic mass is 127. The van der Waals surface area contributed by atoms with Crippen molar-refractivity contribution in [2.75, 3.05) is 18.1 Å². The molecule has 3 atom stereocenters. The molecule has 3 unspecified atom stereocenters. The summed E-state index contributed by atoms with van der Waals surface area (Å²) in [5.41, 5.74) is 0.350. The third-order valence-electron chi connectivity index (χ3n) is 6.02. The molecule has 112 valence electrons. The number of hydrogen-bond donors (Lipinski definition) is 0. The quantitative estimate of drug-likeness (QED) is 0.501. The highest BCUT2D eigenvalue weighted by Crippen LogP contribution is 2.63. The minimum Gasteiger partial charge on any atom is -0.379 e. The summed E-state index contributed by atoms with van der Waals surface area (Å²) in [6.07, 6.45) is 5.12. The monoisotopic (exact) mass is 380 g/mol. The average Bonchev–Trinajstić information content (AvgIpc) is 2.90. The maximum Gasteiger partial charge on any atom is 0.0852 e. The molecule has 2 saturated carbocycles. The number of halogens is 1. The fraction of sp³-hybridized carbons (Fsp3) is 1.00. The van der Waals surface area contributed by atoms with Crippen LogP contribution in [0.3, 0.4) is 0 Å². The van der Waals surface area contributed by atoms with Crippen molar-refractivity contribution in [3.05, 3.63) is 0 Å². The predicted octanol–water partition coefficient (Wildman–Crippen LogP) is 4.45. The molecule has 0 N–H and O–H groups in total. The van der Waals surface area contributed by atoms with Crippen LogP contribution in [0.2, 0.25) is 0 Å². The molecule has 0 aliphatic heterocycles. The molecular formula is C16H29IO2. The van der Waals surface area contributed by atoms with E-state index in [1.165, 1.54) is 19.3 Å². The summed E-state index contributed by atoms with van der Waals surface area (Å²) in [5, 5.41) is 0. The molecule has 0 spiro atoms. The molecule has 0 aromatic heterocycles. The zero-order valence-electron chi connectivity index (χ0n) is 13.1. The van der Waals surface area contributed by atoms with E-state index in [2.05, 4.69) is 50.3 Å². The number of rotatable bonds is 6. The van der Waals surface area contributed by atoms with Gasteiger partial charge in [-0.25, -0.2) is 0 Å². The topological polar surface area (TPSA) is 18.5 Å². The van der Waals surface area contributed by atoms with E-state index in [-0.39, 0.29) is 11.2 Å². The van der Waals surface area contributed by atoms with E-state index >= 15 is 0 Å². The summed E-state index contributed by atoms with van der Waals surface area (Å²) in [7, 11) is 1.79. The maximum absolute atomic E-state index is 6.54. The van der Waals surface area contributed by atoms with Crippen LogP contribution in [0.1, 0.15) is 53.4 Å². The zero-order chi connectivity index (χ0) is 14.3. The molecule has 2 aliphatic carbocycles. The van der Waals surface area contributed by atoms with Crippen molar-refractivity contribution in [2.45, 2.75) is 64.6 Å². The Labute approximate surface area is 132 Å². The number of hydrogen-bond acceptors (Lipinski definition) is 2. The predicted molar refractivity (Wildman–Crippen MR) is 87.9 cm³/mol. The van der Waals surface area contributed by atoms with E-state index in [0.717, 1.165) is 29.3 Å². The van der Waals surface area contributed by atoms with Gasteiger partial charge >= 0.3 is 0 Å². The number of ether oxygens (including phenoxy) is 2. The Kier molecular flexibility index (Phi) is 4.60. The van der Waals surface area contributed by atoms with Crippen LogP contribution < -0.4 is 0 Å². The maximum atomic E-state index is 6.54. The minimum atomic E-state index is -0.0752. The highest BCUT2D eigenvalue weighted by molar-refractivity contribution is 14.1. The average molecular weight is 380 g/mol. The van der Waals surface area contributed by atoms with Gasteiger partial charge in [0.25, 0.3) is 0 Å². The first-order valence-corrected chi connectivity index (χ1v) is 9.07. The van der Waals surface area contributed by atoms with Gasteiger partial charge in [0.05, 0.1) is 17.8 Å². The zero-order valence-corrected chi connectivity index (χ0v) is 15.2. The number of fused-ring (bicyclic) bond motifs is 2. The molecule has 2 aliphatic rings. The molecule has 0 aromatic carbocycles. The second-order valence-corrected chi connectivity index (χ2v) is 8.28. The smallest absolute Gasteiger partial charge is 0.0852 e. The fourth-order valence-corrected chi connectivity index (χ4v) is 5.96. The summed E-state index contributed by atoms with van der Waals surface area (Å²) < 4.78 is 13.2. The van der Waals surface area contributed by atoms with Crippen LogP contribution in [0.4, 0.5) is 0 Å². The van der Waals surface area contributed by atoms with Crippen LogP contribution in [0.5, 0.6) is 0 Å². The van der Waals surface area contributed by atoms with Crippen molar-refractivity contribution < 1.29 is 9.47 Å². The third-order valence-corrected chi connectivity index (χ3v) is 7.15. The molecule has 0 amide bonds. The van der Waals surface area contributed by atoms with Gasteiger partial charge in [-0.3, -0.25) is 0 Å². The van der Waals surface area contributed by atoms with E-state index in [0.29, 0.717) is 5.41 Å². The number of alkyl halides is 1. The van der Waals surface area contributed by atoms with Crippen molar-refractivity contribution in [1.29, 1.82) is 0 Å². The van der Waals surface area contributed by atoms with Crippen molar-refractivity contribution >= 4 is 22.6 Å². The first kappa shape index (κ1) is 16.0. The van der Waals surface area contributed by atoms with Crippen molar-refractivity contribution in [3.63, 3.8) is 0 Å². The van der Waals surface area contributed by atoms with E-state index in [1.807, 2.05) is 0 Å². The largest absolute Gasteiger partial charge is 0.379 e. The van der Waals surface area contributed by atoms with Gasteiger partial charge in [0, 0.05) is 11.5 Å². The Morgan fingerprint density at radius 2 is 1.84 bits per heavy atom. The summed E-state index contributed by atoms with van der Waals surface area (Å²) in [4.78, 5) is 0. The van der Waals surface area contributed by atoms with Gasteiger partial charge in [0.15, 0.2) is 0 Å². The Balaban J connectivity index is 2.03. The fourth-order valence-electron chi connectivity index (χ4n) is 4.14. The first-order chi connectivity index (χ1) is 8.79. The molecule has 0 heterocycles. The highest BCUT2D eigenvalue weighted by Gasteiger charge is 2.63. The van der Waals surface area contributed by atoms with Crippen molar-refractivity contribution in [3.8, 4) is 0 Å². The summed E-state index contributed by atoms with van der Waals surface area (Å²) in [5.74, 6) is 1.64. The van der Waals surface area contributed by atoms with E-state index in [9.17, 15) is 0 Å². The van der Waals surface area contributed by atoms with Crippen LogP contribution in [-0.4, -0.2) is 29.3 Å². The van der Waals surface area contributed by atoms with E-state index < -0.39 is 0 Å². The summed E-state index contributed by atoms with van der Waals surface area (Å²) in [6, 6.07) is 0. The lowest BCUT2D eigenvalue weighted by atomic mass is 9.66. The molecule has 2 bridgehead atoms. The molecule has 19 heavy (non-hydrogen) atoms. The van der Waals surface area contributed by atoms with Gasteiger partial charge in [0.1, 0.15) is 0 Å². The van der Waals surface area contributed by atoms with Gasteiger partial charge in [-0.05, 0) is 56.8 Å². The minimum absolute atomic E-state index is 0.0752. The third kappa shape index (κ3) is 2.59. The van der Waals surface area contributed by atoms with E-state index in [1.54, 1.807) is 7.11 Å². The van der Waals surface area contributed by atoms with Gasteiger partial charge < -0.3 is 9.47 Å². The van der Waals surface area contributed by atoms with Crippen molar-refractivity contribution in [2.24, 2.45) is 17.3 Å². The number of methoxy groups -OCH3 is 1. The van der Waals surface area contributed by atoms with Gasteiger partial charge in [-0.15, -0.1) is 0 Å². The van der Waals surface area contributed by atoms with Crippen LogP contribution in [0, 0.1) is 17.3 Å². The first-order valence-electron chi connectivity index (χ1n) is 7.54. The molecule has 2 rings (SSSR count).